The SMILES string of the molecule is O=C(N[C@H]1CCC[C@@H](CN2CCC2)C1)c1ccc(-c2cccc(F)c2)nc1. The van der Waals surface area contributed by atoms with Crippen molar-refractivity contribution in [3.8, 4) is 11.3 Å². The average Bonchev–Trinajstić information content (AvgIpc) is 2.65. The molecule has 2 aliphatic rings. The van der Waals surface area contributed by atoms with Gasteiger partial charge in [-0.25, -0.2) is 4.39 Å². The number of pyridine rings is 1. The van der Waals surface area contributed by atoms with Gasteiger partial charge in [0.25, 0.3) is 5.91 Å². The molecule has 1 amide bonds. The first-order chi connectivity index (χ1) is 13.2. The molecule has 0 spiro atoms. The van der Waals surface area contributed by atoms with Gasteiger partial charge in [0, 0.05) is 24.3 Å². The zero-order chi connectivity index (χ0) is 18.6. The molecular formula is C22H26FN3O. The molecule has 27 heavy (non-hydrogen) atoms. The molecule has 1 saturated heterocycles. The number of carbonyl (C=O) groups is 1. The van der Waals surface area contributed by atoms with E-state index < -0.39 is 0 Å². The summed E-state index contributed by atoms with van der Waals surface area (Å²) in [6.45, 7) is 3.64. The average molecular weight is 367 g/mol. The van der Waals surface area contributed by atoms with E-state index in [1.54, 1.807) is 24.4 Å². The van der Waals surface area contributed by atoms with Gasteiger partial charge in [-0.05, 0) is 69.0 Å². The Morgan fingerprint density at radius 2 is 2.07 bits per heavy atom. The van der Waals surface area contributed by atoms with E-state index in [9.17, 15) is 9.18 Å². The maximum atomic E-state index is 13.4. The second kappa shape index (κ2) is 8.17. The fourth-order valence-corrected chi connectivity index (χ4v) is 4.13. The summed E-state index contributed by atoms with van der Waals surface area (Å²) in [6, 6.07) is 10.1. The Labute approximate surface area is 159 Å². The zero-order valence-electron chi connectivity index (χ0n) is 15.5. The van der Waals surface area contributed by atoms with E-state index in [0.29, 0.717) is 22.7 Å². The highest BCUT2D eigenvalue weighted by atomic mass is 19.1. The third-order valence-electron chi connectivity index (χ3n) is 5.73. The summed E-state index contributed by atoms with van der Waals surface area (Å²) in [4.78, 5) is 19.5. The Morgan fingerprint density at radius 1 is 1.19 bits per heavy atom. The molecule has 1 saturated carbocycles. The summed E-state index contributed by atoms with van der Waals surface area (Å²) in [6.07, 6.45) is 7.47. The summed E-state index contributed by atoms with van der Waals surface area (Å²) in [7, 11) is 0. The fraction of sp³-hybridized carbons (Fsp3) is 0.455. The number of benzene rings is 1. The Morgan fingerprint density at radius 3 is 2.78 bits per heavy atom. The van der Waals surface area contributed by atoms with Crippen molar-refractivity contribution in [1.29, 1.82) is 0 Å². The van der Waals surface area contributed by atoms with E-state index in [2.05, 4.69) is 15.2 Å². The fourth-order valence-electron chi connectivity index (χ4n) is 4.13. The number of hydrogen-bond donors (Lipinski definition) is 1. The summed E-state index contributed by atoms with van der Waals surface area (Å²) in [5, 5.41) is 3.19. The normalized spacial score (nSPS) is 22.9. The number of hydrogen-bond acceptors (Lipinski definition) is 3. The van der Waals surface area contributed by atoms with Crippen molar-refractivity contribution in [1.82, 2.24) is 15.2 Å². The predicted molar refractivity (Wildman–Crippen MR) is 104 cm³/mol. The molecular weight excluding hydrogens is 341 g/mol. The second-order valence-electron chi connectivity index (χ2n) is 7.80. The van der Waals surface area contributed by atoms with Gasteiger partial charge in [-0.2, -0.15) is 0 Å². The van der Waals surface area contributed by atoms with Gasteiger partial charge in [0.05, 0.1) is 11.3 Å². The molecule has 0 unspecified atom stereocenters. The second-order valence-corrected chi connectivity index (χ2v) is 7.80. The first kappa shape index (κ1) is 18.1. The number of halogens is 1. The summed E-state index contributed by atoms with van der Waals surface area (Å²) in [5.41, 5.74) is 1.93. The molecule has 1 N–H and O–H groups in total. The lowest BCUT2D eigenvalue weighted by molar-refractivity contribution is 0.0897. The van der Waals surface area contributed by atoms with Crippen LogP contribution in [0.3, 0.4) is 0 Å². The minimum atomic E-state index is -0.291. The number of rotatable bonds is 5. The van der Waals surface area contributed by atoms with E-state index in [1.807, 2.05) is 6.07 Å². The van der Waals surface area contributed by atoms with Gasteiger partial charge >= 0.3 is 0 Å². The molecule has 142 valence electrons. The van der Waals surface area contributed by atoms with Crippen LogP contribution in [-0.2, 0) is 0 Å². The van der Waals surface area contributed by atoms with Crippen LogP contribution in [0.5, 0.6) is 0 Å². The van der Waals surface area contributed by atoms with Gasteiger partial charge < -0.3 is 10.2 Å². The number of nitrogens with one attached hydrogen (secondary N) is 1. The van der Waals surface area contributed by atoms with Crippen molar-refractivity contribution >= 4 is 5.91 Å². The van der Waals surface area contributed by atoms with Crippen LogP contribution in [0, 0.1) is 11.7 Å². The van der Waals surface area contributed by atoms with E-state index in [0.717, 1.165) is 12.8 Å². The molecule has 2 fully saturated rings. The minimum absolute atomic E-state index is 0.0668. The molecule has 5 heteroatoms. The van der Waals surface area contributed by atoms with Crippen LogP contribution in [0.1, 0.15) is 42.5 Å². The molecule has 1 aliphatic heterocycles. The van der Waals surface area contributed by atoms with Crippen molar-refractivity contribution in [2.24, 2.45) is 5.92 Å². The van der Waals surface area contributed by atoms with Gasteiger partial charge in [0.15, 0.2) is 0 Å². The summed E-state index contributed by atoms with van der Waals surface area (Å²) in [5.74, 6) is 0.335. The standard InChI is InChI=1S/C22H26FN3O/c23-19-6-2-5-17(13-19)21-9-8-18(14-24-21)22(27)25-20-7-1-4-16(12-20)15-26-10-3-11-26/h2,5-6,8-9,13-14,16,20H,1,3-4,7,10-12,15H2,(H,25,27)/t16-,20+/m1/s1. The van der Waals surface area contributed by atoms with E-state index in [4.69, 9.17) is 0 Å². The lowest BCUT2D eigenvalue weighted by atomic mass is 9.84. The summed E-state index contributed by atoms with van der Waals surface area (Å²) < 4.78 is 13.4. The monoisotopic (exact) mass is 367 g/mol. The Kier molecular flexibility index (Phi) is 5.48. The van der Waals surface area contributed by atoms with Crippen LogP contribution in [0.25, 0.3) is 11.3 Å². The lowest BCUT2D eigenvalue weighted by Gasteiger charge is -2.37. The van der Waals surface area contributed by atoms with E-state index in [-0.39, 0.29) is 17.8 Å². The van der Waals surface area contributed by atoms with Gasteiger partial charge in [-0.15, -0.1) is 0 Å². The molecule has 1 aromatic carbocycles. The van der Waals surface area contributed by atoms with Crippen LogP contribution < -0.4 is 5.32 Å². The summed E-state index contributed by atoms with van der Waals surface area (Å²) >= 11 is 0. The van der Waals surface area contributed by atoms with Gasteiger partial charge in [-0.3, -0.25) is 9.78 Å². The molecule has 2 atom stereocenters. The van der Waals surface area contributed by atoms with Gasteiger partial charge in [0.1, 0.15) is 5.82 Å². The van der Waals surface area contributed by atoms with Crippen molar-refractivity contribution in [2.75, 3.05) is 19.6 Å². The number of likely N-dealkylation sites (tertiary alicyclic amines) is 1. The molecule has 4 nitrogen and oxygen atoms in total. The number of carbonyl (C=O) groups excluding carboxylic acids is 1. The molecule has 1 aliphatic carbocycles. The van der Waals surface area contributed by atoms with Crippen LogP contribution in [0.15, 0.2) is 42.6 Å². The Hall–Kier alpha value is -2.27. The van der Waals surface area contributed by atoms with Crippen LogP contribution in [0.4, 0.5) is 4.39 Å². The van der Waals surface area contributed by atoms with Crippen molar-refractivity contribution in [3.63, 3.8) is 0 Å². The highest BCUT2D eigenvalue weighted by Crippen LogP contribution is 2.27. The molecule has 0 radical (unpaired) electrons. The highest BCUT2D eigenvalue weighted by molar-refractivity contribution is 5.94. The minimum Gasteiger partial charge on any atom is -0.349 e. The highest BCUT2D eigenvalue weighted by Gasteiger charge is 2.26. The van der Waals surface area contributed by atoms with E-state index >= 15 is 0 Å². The molecule has 1 aromatic heterocycles. The third-order valence-corrected chi connectivity index (χ3v) is 5.73. The van der Waals surface area contributed by atoms with Crippen LogP contribution in [0.2, 0.25) is 0 Å². The number of nitrogens with zero attached hydrogens (tertiary/aromatic N) is 2. The first-order valence-electron chi connectivity index (χ1n) is 9.92. The van der Waals surface area contributed by atoms with E-state index in [1.165, 1.54) is 51.0 Å². The zero-order valence-corrected chi connectivity index (χ0v) is 15.5. The number of aromatic nitrogens is 1. The maximum absolute atomic E-state index is 13.4. The molecule has 0 bridgehead atoms. The van der Waals surface area contributed by atoms with Crippen molar-refractivity contribution in [2.45, 2.75) is 38.1 Å². The third kappa shape index (κ3) is 4.53. The quantitative estimate of drug-likeness (QED) is 0.872. The van der Waals surface area contributed by atoms with Crippen molar-refractivity contribution < 1.29 is 9.18 Å². The Bertz CT molecular complexity index is 788. The largest absolute Gasteiger partial charge is 0.349 e. The smallest absolute Gasteiger partial charge is 0.253 e. The first-order valence-corrected chi connectivity index (χ1v) is 9.92. The molecule has 2 aromatic rings. The van der Waals surface area contributed by atoms with Crippen molar-refractivity contribution in [3.05, 3.63) is 54.0 Å². The topological polar surface area (TPSA) is 45.2 Å². The lowest BCUT2D eigenvalue weighted by Crippen LogP contribution is -2.44. The number of amides is 1. The molecule has 2 heterocycles. The van der Waals surface area contributed by atoms with Gasteiger partial charge in [0.2, 0.25) is 0 Å². The van der Waals surface area contributed by atoms with Crippen LogP contribution >= 0.6 is 0 Å². The molecule has 4 rings (SSSR count). The van der Waals surface area contributed by atoms with Gasteiger partial charge in [-0.1, -0.05) is 18.6 Å². The Balaban J connectivity index is 1.35. The van der Waals surface area contributed by atoms with Crippen LogP contribution in [-0.4, -0.2) is 41.5 Å². The maximum Gasteiger partial charge on any atom is 0.253 e. The predicted octanol–water partition coefficient (Wildman–Crippen LogP) is 3.88.